The number of carbonyl (C=O) groups excluding carboxylic acids is 1. The molecule has 2 atom stereocenters. The maximum atomic E-state index is 12.0. The van der Waals surface area contributed by atoms with Crippen molar-refractivity contribution >= 4 is 36.0 Å². The van der Waals surface area contributed by atoms with Gasteiger partial charge in [0.2, 0.25) is 0 Å². The highest BCUT2D eigenvalue weighted by Crippen LogP contribution is 2.34. The Bertz CT molecular complexity index is 746. The van der Waals surface area contributed by atoms with Crippen molar-refractivity contribution in [2.45, 2.75) is 83.6 Å². The summed E-state index contributed by atoms with van der Waals surface area (Å²) in [7, 11) is 0. The third kappa shape index (κ3) is 9.31. The van der Waals surface area contributed by atoms with Crippen molar-refractivity contribution in [1.82, 2.24) is 16.0 Å². The molecule has 1 aromatic carbocycles. The van der Waals surface area contributed by atoms with Crippen molar-refractivity contribution in [3.05, 3.63) is 35.9 Å². The molecule has 1 saturated heterocycles. The van der Waals surface area contributed by atoms with Crippen LogP contribution in [0.2, 0.25) is 0 Å². The lowest BCUT2D eigenvalue weighted by atomic mass is 9.91. The monoisotopic (exact) mass is 572 g/mol. The van der Waals surface area contributed by atoms with Crippen LogP contribution >= 0.6 is 24.0 Å². The van der Waals surface area contributed by atoms with E-state index in [1.165, 1.54) is 5.56 Å². The predicted octanol–water partition coefficient (Wildman–Crippen LogP) is 4.77. The van der Waals surface area contributed by atoms with Gasteiger partial charge in [-0.15, -0.1) is 24.0 Å². The van der Waals surface area contributed by atoms with Gasteiger partial charge in [0.05, 0.1) is 6.10 Å². The summed E-state index contributed by atoms with van der Waals surface area (Å²) in [5, 5.41) is 10.00. The first-order valence-electron chi connectivity index (χ1n) is 12.0. The van der Waals surface area contributed by atoms with E-state index in [1.807, 2.05) is 26.8 Å². The number of hydrogen-bond donors (Lipinski definition) is 3. The van der Waals surface area contributed by atoms with Crippen molar-refractivity contribution in [1.29, 1.82) is 0 Å². The molecule has 0 spiro atoms. The first kappa shape index (κ1) is 27.7. The number of amides is 1. The Hall–Kier alpha value is -1.55. The molecule has 3 N–H and O–H groups in total. The third-order valence-electron chi connectivity index (χ3n) is 5.96. The van der Waals surface area contributed by atoms with Gasteiger partial charge < -0.3 is 25.4 Å². The zero-order valence-electron chi connectivity index (χ0n) is 20.4. The maximum Gasteiger partial charge on any atom is 0.407 e. The van der Waals surface area contributed by atoms with E-state index in [0.29, 0.717) is 12.0 Å². The molecule has 2 aliphatic rings. The highest BCUT2D eigenvalue weighted by atomic mass is 127. The van der Waals surface area contributed by atoms with E-state index in [1.54, 1.807) is 0 Å². The highest BCUT2D eigenvalue weighted by Gasteiger charge is 2.30. The standard InChI is InChI=1S/C25H40N4O3.HI/c1-5-26-23(27-17-19-15-16-31-22(19)18-9-7-6-8-10-18)28-20-11-13-21(14-12-20)29-24(30)32-25(2,3)4;/h6-10,19-22H,5,11-17H2,1-4H3,(H,29,30)(H2,26,27,28);1H. The maximum absolute atomic E-state index is 12.0. The molecule has 0 bridgehead atoms. The van der Waals surface area contributed by atoms with Crippen LogP contribution in [-0.2, 0) is 9.47 Å². The Morgan fingerprint density at radius 3 is 2.30 bits per heavy atom. The molecule has 0 radical (unpaired) electrons. The van der Waals surface area contributed by atoms with Crippen molar-refractivity contribution < 1.29 is 14.3 Å². The fourth-order valence-electron chi connectivity index (χ4n) is 4.41. The van der Waals surface area contributed by atoms with Crippen LogP contribution < -0.4 is 16.0 Å². The van der Waals surface area contributed by atoms with Crippen LogP contribution in [0.4, 0.5) is 4.79 Å². The van der Waals surface area contributed by atoms with E-state index in [4.69, 9.17) is 14.5 Å². The van der Waals surface area contributed by atoms with Crippen LogP contribution in [0.5, 0.6) is 0 Å². The van der Waals surface area contributed by atoms with Gasteiger partial charge in [-0.2, -0.15) is 0 Å². The first-order chi connectivity index (χ1) is 15.3. The summed E-state index contributed by atoms with van der Waals surface area (Å²) in [4.78, 5) is 16.9. The van der Waals surface area contributed by atoms with Gasteiger partial charge in [-0.05, 0) is 65.4 Å². The molecular formula is C25H41IN4O3. The number of benzene rings is 1. The second-order valence-electron chi connectivity index (χ2n) is 9.81. The van der Waals surface area contributed by atoms with E-state index in [9.17, 15) is 4.79 Å². The van der Waals surface area contributed by atoms with Crippen molar-refractivity contribution in [3.8, 4) is 0 Å². The van der Waals surface area contributed by atoms with E-state index >= 15 is 0 Å². The Labute approximate surface area is 215 Å². The van der Waals surface area contributed by atoms with E-state index in [2.05, 4.69) is 47.1 Å². The van der Waals surface area contributed by atoms with Crippen LogP contribution in [0.1, 0.15) is 71.5 Å². The molecule has 7 nitrogen and oxygen atoms in total. The molecule has 33 heavy (non-hydrogen) atoms. The van der Waals surface area contributed by atoms with Gasteiger partial charge in [0.1, 0.15) is 5.60 Å². The third-order valence-corrected chi connectivity index (χ3v) is 5.96. The van der Waals surface area contributed by atoms with Gasteiger partial charge in [0, 0.05) is 37.7 Å². The topological polar surface area (TPSA) is 84.0 Å². The molecule has 0 aromatic heterocycles. The summed E-state index contributed by atoms with van der Waals surface area (Å²) in [6, 6.07) is 11.0. The summed E-state index contributed by atoms with van der Waals surface area (Å²) in [5.41, 5.74) is 0.767. The highest BCUT2D eigenvalue weighted by molar-refractivity contribution is 14.0. The zero-order chi connectivity index (χ0) is 23.0. The second kappa shape index (κ2) is 13.4. The van der Waals surface area contributed by atoms with Gasteiger partial charge in [-0.1, -0.05) is 30.3 Å². The summed E-state index contributed by atoms with van der Waals surface area (Å²) < 4.78 is 11.4. The molecule has 1 aromatic rings. The lowest BCUT2D eigenvalue weighted by molar-refractivity contribution is 0.0490. The number of alkyl carbamates (subject to hydrolysis) is 1. The quantitative estimate of drug-likeness (QED) is 0.260. The van der Waals surface area contributed by atoms with Crippen LogP contribution in [0, 0.1) is 5.92 Å². The summed E-state index contributed by atoms with van der Waals surface area (Å²) >= 11 is 0. The number of guanidine groups is 1. The summed E-state index contributed by atoms with van der Waals surface area (Å²) in [6.45, 7) is 10.1. The minimum Gasteiger partial charge on any atom is -0.444 e. The number of rotatable bonds is 6. The summed E-state index contributed by atoms with van der Waals surface area (Å²) in [5.74, 6) is 1.26. The number of ether oxygens (including phenoxy) is 2. The zero-order valence-corrected chi connectivity index (χ0v) is 22.8. The molecular weight excluding hydrogens is 531 g/mol. The lowest BCUT2D eigenvalue weighted by Gasteiger charge is -2.31. The first-order valence-corrected chi connectivity index (χ1v) is 12.0. The molecule has 1 heterocycles. The van der Waals surface area contributed by atoms with Gasteiger partial charge in [-0.3, -0.25) is 4.99 Å². The molecule has 2 unspecified atom stereocenters. The number of hydrogen-bond acceptors (Lipinski definition) is 4. The number of carbonyl (C=O) groups is 1. The van der Waals surface area contributed by atoms with Gasteiger partial charge in [0.25, 0.3) is 0 Å². The molecule has 8 heteroatoms. The molecule has 3 rings (SSSR count). The van der Waals surface area contributed by atoms with Crippen LogP contribution in [0.25, 0.3) is 0 Å². The minimum atomic E-state index is -0.468. The lowest BCUT2D eigenvalue weighted by Crippen LogP contribution is -2.48. The Balaban J connectivity index is 0.00000385. The Kier molecular flexibility index (Phi) is 11.2. The van der Waals surface area contributed by atoms with Gasteiger partial charge in [0.15, 0.2) is 5.96 Å². The smallest absolute Gasteiger partial charge is 0.407 e. The molecule has 1 amide bonds. The van der Waals surface area contributed by atoms with Crippen molar-refractivity contribution in [2.75, 3.05) is 19.7 Å². The predicted molar refractivity (Wildman–Crippen MR) is 143 cm³/mol. The molecule has 1 saturated carbocycles. The molecule has 1 aliphatic carbocycles. The fraction of sp³-hybridized carbons (Fsp3) is 0.680. The minimum absolute atomic E-state index is 0. The Morgan fingerprint density at radius 1 is 1.06 bits per heavy atom. The van der Waals surface area contributed by atoms with Crippen LogP contribution in [0.3, 0.4) is 0 Å². The van der Waals surface area contributed by atoms with Crippen LogP contribution in [-0.4, -0.2) is 49.4 Å². The number of nitrogens with one attached hydrogen (secondary N) is 3. The number of halogens is 1. The average Bonchev–Trinajstić information content (AvgIpc) is 3.21. The van der Waals surface area contributed by atoms with Crippen molar-refractivity contribution in [2.24, 2.45) is 10.9 Å². The van der Waals surface area contributed by atoms with E-state index in [-0.39, 0.29) is 42.2 Å². The molecule has 2 fully saturated rings. The van der Waals surface area contributed by atoms with Crippen LogP contribution in [0.15, 0.2) is 35.3 Å². The molecule has 186 valence electrons. The number of aliphatic imine (C=N–C) groups is 1. The van der Waals surface area contributed by atoms with Gasteiger partial charge in [-0.25, -0.2) is 4.79 Å². The van der Waals surface area contributed by atoms with Crippen molar-refractivity contribution in [3.63, 3.8) is 0 Å². The SMILES string of the molecule is CCNC(=NCC1CCOC1c1ccccc1)NC1CCC(NC(=O)OC(C)(C)C)CC1.I. The average molecular weight is 573 g/mol. The second-order valence-corrected chi connectivity index (χ2v) is 9.81. The van der Waals surface area contributed by atoms with E-state index < -0.39 is 5.60 Å². The number of nitrogens with zero attached hydrogens (tertiary/aromatic N) is 1. The fourth-order valence-corrected chi connectivity index (χ4v) is 4.41. The Morgan fingerprint density at radius 2 is 1.70 bits per heavy atom. The largest absolute Gasteiger partial charge is 0.444 e. The van der Waals surface area contributed by atoms with E-state index in [0.717, 1.165) is 57.8 Å². The normalized spacial score (nSPS) is 25.6. The van der Waals surface area contributed by atoms with Gasteiger partial charge >= 0.3 is 6.09 Å². The summed E-state index contributed by atoms with van der Waals surface area (Å²) in [6.07, 6.45) is 4.68. The molecule has 1 aliphatic heterocycles.